The SMILES string of the molecule is CCOc1ccc(C=NN=C2NC(=O)CS2)cc1B(O)O. The molecule has 0 saturated carbocycles. The van der Waals surface area contributed by atoms with Gasteiger partial charge in [-0.2, -0.15) is 5.10 Å². The minimum absolute atomic E-state index is 0.0966. The monoisotopic (exact) mass is 307 g/mol. The van der Waals surface area contributed by atoms with Crippen LogP contribution >= 0.6 is 11.8 Å². The molecule has 1 saturated heterocycles. The van der Waals surface area contributed by atoms with Crippen molar-refractivity contribution < 1.29 is 19.6 Å². The van der Waals surface area contributed by atoms with Crippen LogP contribution in [0.1, 0.15) is 12.5 Å². The molecular formula is C12H14BN3O4S. The number of carbonyl (C=O) groups is 1. The van der Waals surface area contributed by atoms with Crippen LogP contribution in [-0.4, -0.2) is 46.8 Å². The summed E-state index contributed by atoms with van der Waals surface area (Å²) in [6.07, 6.45) is 1.46. The van der Waals surface area contributed by atoms with Crippen molar-refractivity contribution in [2.24, 2.45) is 10.2 Å². The Kier molecular flexibility index (Phi) is 5.37. The van der Waals surface area contributed by atoms with Gasteiger partial charge in [-0.3, -0.25) is 4.79 Å². The molecule has 7 nitrogen and oxygen atoms in total. The third kappa shape index (κ3) is 4.32. The fourth-order valence-electron chi connectivity index (χ4n) is 1.66. The first-order chi connectivity index (χ1) is 10.1. The number of amidine groups is 1. The molecule has 1 fully saturated rings. The average Bonchev–Trinajstić information content (AvgIpc) is 2.86. The number of ether oxygens (including phenoxy) is 1. The summed E-state index contributed by atoms with van der Waals surface area (Å²) in [5.41, 5.74) is 0.900. The Morgan fingerprint density at radius 2 is 2.33 bits per heavy atom. The van der Waals surface area contributed by atoms with Gasteiger partial charge in [0.05, 0.1) is 18.6 Å². The van der Waals surface area contributed by atoms with Gasteiger partial charge in [0.1, 0.15) is 5.75 Å². The molecule has 0 aromatic heterocycles. The first-order valence-corrected chi connectivity index (χ1v) is 7.25. The van der Waals surface area contributed by atoms with Gasteiger partial charge in [0.15, 0.2) is 5.17 Å². The van der Waals surface area contributed by atoms with Crippen LogP contribution in [0.25, 0.3) is 0 Å². The lowest BCUT2D eigenvalue weighted by molar-refractivity contribution is -0.116. The molecule has 0 aliphatic carbocycles. The number of rotatable bonds is 5. The highest BCUT2D eigenvalue weighted by molar-refractivity contribution is 8.15. The molecule has 1 heterocycles. The zero-order chi connectivity index (χ0) is 15.2. The van der Waals surface area contributed by atoms with Crippen molar-refractivity contribution in [3.05, 3.63) is 23.8 Å². The maximum atomic E-state index is 11.0. The molecule has 3 N–H and O–H groups in total. The first kappa shape index (κ1) is 15.6. The summed E-state index contributed by atoms with van der Waals surface area (Å²) in [4.78, 5) is 11.0. The molecule has 1 amide bonds. The Labute approximate surface area is 126 Å². The molecule has 1 aromatic carbocycles. The number of benzene rings is 1. The Balaban J connectivity index is 2.13. The maximum absolute atomic E-state index is 11.0. The summed E-state index contributed by atoms with van der Waals surface area (Å²) in [7, 11) is -1.63. The third-order valence-electron chi connectivity index (χ3n) is 2.55. The van der Waals surface area contributed by atoms with E-state index < -0.39 is 7.12 Å². The van der Waals surface area contributed by atoms with Gasteiger partial charge in [0, 0.05) is 5.46 Å². The van der Waals surface area contributed by atoms with Crippen molar-refractivity contribution in [2.75, 3.05) is 12.4 Å². The van der Waals surface area contributed by atoms with E-state index in [-0.39, 0.29) is 11.4 Å². The molecule has 110 valence electrons. The quantitative estimate of drug-likeness (QED) is 0.380. The second-order valence-corrected chi connectivity index (χ2v) is 5.05. The summed E-state index contributed by atoms with van der Waals surface area (Å²) in [6.45, 7) is 2.24. The van der Waals surface area contributed by atoms with Crippen LogP contribution in [-0.2, 0) is 4.79 Å². The van der Waals surface area contributed by atoms with Gasteiger partial charge >= 0.3 is 7.12 Å². The lowest BCUT2D eigenvalue weighted by Crippen LogP contribution is -2.31. The maximum Gasteiger partial charge on any atom is 0.492 e. The molecule has 1 aliphatic rings. The van der Waals surface area contributed by atoms with Gasteiger partial charge < -0.3 is 20.1 Å². The smallest absolute Gasteiger partial charge is 0.492 e. The molecular weight excluding hydrogens is 293 g/mol. The summed E-state index contributed by atoms with van der Waals surface area (Å²) >= 11 is 1.28. The van der Waals surface area contributed by atoms with E-state index in [1.54, 1.807) is 18.2 Å². The molecule has 1 aromatic rings. The number of nitrogens with zero attached hydrogens (tertiary/aromatic N) is 2. The Morgan fingerprint density at radius 1 is 1.52 bits per heavy atom. The molecule has 21 heavy (non-hydrogen) atoms. The number of hydrogen-bond acceptors (Lipinski definition) is 7. The van der Waals surface area contributed by atoms with Crippen LogP contribution < -0.4 is 15.5 Å². The summed E-state index contributed by atoms with van der Waals surface area (Å²) in [5, 5.41) is 29.4. The van der Waals surface area contributed by atoms with Crippen molar-refractivity contribution in [1.29, 1.82) is 0 Å². The van der Waals surface area contributed by atoms with Gasteiger partial charge in [-0.05, 0) is 30.7 Å². The fraction of sp³-hybridized carbons (Fsp3) is 0.250. The molecule has 0 unspecified atom stereocenters. The predicted molar refractivity (Wildman–Crippen MR) is 83.1 cm³/mol. The van der Waals surface area contributed by atoms with E-state index in [1.165, 1.54) is 18.0 Å². The largest absolute Gasteiger partial charge is 0.494 e. The average molecular weight is 307 g/mol. The highest BCUT2D eigenvalue weighted by Gasteiger charge is 2.18. The molecule has 0 atom stereocenters. The van der Waals surface area contributed by atoms with Crippen molar-refractivity contribution in [2.45, 2.75) is 6.92 Å². The number of thioether (sulfide) groups is 1. The lowest BCUT2D eigenvalue weighted by atomic mass is 9.79. The topological polar surface area (TPSA) is 104 Å². The molecule has 0 radical (unpaired) electrons. The minimum Gasteiger partial charge on any atom is -0.494 e. The van der Waals surface area contributed by atoms with Gasteiger partial charge in [-0.25, -0.2) is 0 Å². The van der Waals surface area contributed by atoms with Crippen molar-refractivity contribution in [3.8, 4) is 5.75 Å². The van der Waals surface area contributed by atoms with Crippen molar-refractivity contribution in [3.63, 3.8) is 0 Å². The van der Waals surface area contributed by atoms with E-state index in [1.807, 2.05) is 6.92 Å². The summed E-state index contributed by atoms with van der Waals surface area (Å²) < 4.78 is 5.31. The van der Waals surface area contributed by atoms with Gasteiger partial charge in [-0.1, -0.05) is 11.8 Å². The van der Waals surface area contributed by atoms with E-state index >= 15 is 0 Å². The van der Waals surface area contributed by atoms with E-state index in [9.17, 15) is 14.8 Å². The second kappa shape index (κ2) is 7.25. The van der Waals surface area contributed by atoms with Gasteiger partial charge in [-0.15, -0.1) is 5.10 Å². The van der Waals surface area contributed by atoms with E-state index in [0.717, 1.165) is 0 Å². The summed E-state index contributed by atoms with van der Waals surface area (Å²) in [6, 6.07) is 4.92. The molecule has 0 spiro atoms. The standard InChI is InChI=1S/C12H14BN3O4S/c1-2-20-10-4-3-8(5-9(10)13(18)19)6-14-16-12-15-11(17)7-21-12/h3-6,18-19H,2,7H2,1H3,(H,15,16,17). The number of hydrogen-bond donors (Lipinski definition) is 3. The van der Waals surface area contributed by atoms with Gasteiger partial charge in [0.2, 0.25) is 5.91 Å². The Bertz CT molecular complexity index is 592. The minimum atomic E-state index is -1.63. The molecule has 1 aliphatic heterocycles. The number of carbonyl (C=O) groups excluding carboxylic acids is 1. The fourth-order valence-corrected chi connectivity index (χ4v) is 2.29. The second-order valence-electron chi connectivity index (χ2n) is 4.09. The van der Waals surface area contributed by atoms with Crippen LogP contribution in [0.3, 0.4) is 0 Å². The highest BCUT2D eigenvalue weighted by atomic mass is 32.2. The number of amides is 1. The zero-order valence-corrected chi connectivity index (χ0v) is 12.1. The summed E-state index contributed by atoms with van der Waals surface area (Å²) in [5.74, 6) is 0.661. The van der Waals surface area contributed by atoms with Crippen LogP contribution in [0.5, 0.6) is 5.75 Å². The van der Waals surface area contributed by atoms with Crippen molar-refractivity contribution in [1.82, 2.24) is 5.32 Å². The van der Waals surface area contributed by atoms with E-state index in [4.69, 9.17) is 4.74 Å². The first-order valence-electron chi connectivity index (χ1n) is 6.26. The highest BCUT2D eigenvalue weighted by Crippen LogP contribution is 2.11. The third-order valence-corrected chi connectivity index (χ3v) is 3.42. The van der Waals surface area contributed by atoms with E-state index in [0.29, 0.717) is 28.8 Å². The Hall–Kier alpha value is -1.84. The Morgan fingerprint density at radius 3 is 2.95 bits per heavy atom. The van der Waals surface area contributed by atoms with Crippen LogP contribution in [0, 0.1) is 0 Å². The van der Waals surface area contributed by atoms with Gasteiger partial charge in [0.25, 0.3) is 0 Å². The lowest BCUT2D eigenvalue weighted by Gasteiger charge is -2.09. The molecule has 2 rings (SSSR count). The van der Waals surface area contributed by atoms with E-state index in [2.05, 4.69) is 15.5 Å². The van der Waals surface area contributed by atoms with Crippen molar-refractivity contribution >= 4 is 41.6 Å². The number of nitrogens with one attached hydrogen (secondary N) is 1. The van der Waals surface area contributed by atoms with Crippen LogP contribution in [0.2, 0.25) is 0 Å². The molecule has 9 heteroatoms. The predicted octanol–water partition coefficient (Wildman–Crippen LogP) is -0.682. The van der Waals surface area contributed by atoms with Crippen LogP contribution in [0.4, 0.5) is 0 Å². The van der Waals surface area contributed by atoms with Crippen LogP contribution in [0.15, 0.2) is 28.4 Å². The zero-order valence-electron chi connectivity index (χ0n) is 11.3. The normalized spacial score (nSPS) is 16.5. The molecule has 0 bridgehead atoms.